The normalized spacial score (nSPS) is 28.2. The molecule has 2 atom stereocenters. The molecule has 15 heavy (non-hydrogen) atoms. The fourth-order valence-corrected chi connectivity index (χ4v) is 2.42. The Morgan fingerprint density at radius 1 is 1.40 bits per heavy atom. The molecular weight excluding hydrogens is 200 g/mol. The Hall–Kier alpha value is -0.220. The second-order valence-corrected chi connectivity index (χ2v) is 4.59. The van der Waals surface area contributed by atoms with E-state index in [2.05, 4.69) is 30.4 Å². The SMILES string of the molecule is CCN1CC(COC(F)F)C[C@H]1C(C)C. The zero-order valence-corrected chi connectivity index (χ0v) is 9.75. The molecular formula is C11H21F2NO. The van der Waals surface area contributed by atoms with Crippen molar-refractivity contribution in [2.45, 2.75) is 39.8 Å². The van der Waals surface area contributed by atoms with Crippen molar-refractivity contribution in [3.63, 3.8) is 0 Å². The molecule has 0 spiro atoms. The summed E-state index contributed by atoms with van der Waals surface area (Å²) in [5.41, 5.74) is 0. The molecule has 1 rings (SSSR count). The number of halogens is 2. The number of nitrogens with zero attached hydrogens (tertiary/aromatic N) is 1. The molecule has 1 fully saturated rings. The van der Waals surface area contributed by atoms with Gasteiger partial charge in [-0.05, 0) is 24.8 Å². The summed E-state index contributed by atoms with van der Waals surface area (Å²) < 4.78 is 28.2. The van der Waals surface area contributed by atoms with Gasteiger partial charge in [-0.25, -0.2) is 0 Å². The van der Waals surface area contributed by atoms with Gasteiger partial charge in [0.15, 0.2) is 0 Å². The lowest BCUT2D eigenvalue weighted by atomic mass is 9.98. The van der Waals surface area contributed by atoms with Gasteiger partial charge >= 0.3 is 6.61 Å². The molecule has 2 nitrogen and oxygen atoms in total. The predicted octanol–water partition coefficient (Wildman–Crippen LogP) is 2.59. The van der Waals surface area contributed by atoms with Crippen LogP contribution >= 0.6 is 0 Å². The van der Waals surface area contributed by atoms with Crippen molar-refractivity contribution in [3.8, 4) is 0 Å². The van der Waals surface area contributed by atoms with E-state index in [4.69, 9.17) is 0 Å². The number of ether oxygens (including phenoxy) is 1. The summed E-state index contributed by atoms with van der Waals surface area (Å²) in [4.78, 5) is 2.37. The molecule has 1 saturated heterocycles. The monoisotopic (exact) mass is 221 g/mol. The summed E-state index contributed by atoms with van der Waals surface area (Å²) in [6, 6.07) is 0.529. The molecule has 0 aromatic carbocycles. The molecule has 0 aliphatic carbocycles. The summed E-state index contributed by atoms with van der Waals surface area (Å²) in [7, 11) is 0. The lowest BCUT2D eigenvalue weighted by Crippen LogP contribution is -2.33. The van der Waals surface area contributed by atoms with E-state index in [1.165, 1.54) is 0 Å². The summed E-state index contributed by atoms with van der Waals surface area (Å²) in [6.45, 7) is 5.94. The maximum atomic E-state index is 11.9. The highest BCUT2D eigenvalue weighted by Crippen LogP contribution is 2.28. The van der Waals surface area contributed by atoms with Gasteiger partial charge < -0.3 is 9.64 Å². The Morgan fingerprint density at radius 2 is 2.07 bits per heavy atom. The molecule has 0 radical (unpaired) electrons. The van der Waals surface area contributed by atoms with E-state index >= 15 is 0 Å². The van der Waals surface area contributed by atoms with Crippen molar-refractivity contribution >= 4 is 0 Å². The highest BCUT2D eigenvalue weighted by molar-refractivity contribution is 4.86. The van der Waals surface area contributed by atoms with Crippen molar-refractivity contribution < 1.29 is 13.5 Å². The van der Waals surface area contributed by atoms with Crippen molar-refractivity contribution in [2.24, 2.45) is 11.8 Å². The average Bonchev–Trinajstić information content (AvgIpc) is 2.57. The van der Waals surface area contributed by atoms with E-state index in [1.807, 2.05) is 0 Å². The Morgan fingerprint density at radius 3 is 2.47 bits per heavy atom. The van der Waals surface area contributed by atoms with Gasteiger partial charge in [0.2, 0.25) is 0 Å². The molecule has 0 aromatic heterocycles. The zero-order chi connectivity index (χ0) is 11.4. The third-order valence-electron chi connectivity index (χ3n) is 3.17. The van der Waals surface area contributed by atoms with Crippen LogP contribution in [0.3, 0.4) is 0 Å². The Balaban J connectivity index is 2.39. The fourth-order valence-electron chi connectivity index (χ4n) is 2.42. The smallest absolute Gasteiger partial charge is 0.323 e. The first-order valence-corrected chi connectivity index (χ1v) is 5.68. The minimum atomic E-state index is -2.63. The maximum absolute atomic E-state index is 11.9. The van der Waals surface area contributed by atoms with Gasteiger partial charge in [-0.2, -0.15) is 8.78 Å². The topological polar surface area (TPSA) is 12.5 Å². The second kappa shape index (κ2) is 5.75. The summed E-state index contributed by atoms with van der Waals surface area (Å²) >= 11 is 0. The number of likely N-dealkylation sites (tertiary alicyclic amines) is 1. The predicted molar refractivity (Wildman–Crippen MR) is 55.9 cm³/mol. The zero-order valence-electron chi connectivity index (χ0n) is 9.75. The van der Waals surface area contributed by atoms with Gasteiger partial charge in [-0.15, -0.1) is 0 Å². The fraction of sp³-hybridized carbons (Fsp3) is 1.00. The van der Waals surface area contributed by atoms with Crippen LogP contribution in [-0.2, 0) is 4.74 Å². The molecule has 4 heteroatoms. The largest absolute Gasteiger partial charge is 0.345 e. The van der Waals surface area contributed by atoms with Crippen LogP contribution in [-0.4, -0.2) is 37.2 Å². The number of hydrogen-bond acceptors (Lipinski definition) is 2. The van der Waals surface area contributed by atoms with Crippen LogP contribution in [0, 0.1) is 11.8 Å². The third kappa shape index (κ3) is 3.68. The lowest BCUT2D eigenvalue weighted by Gasteiger charge is -2.25. The first kappa shape index (κ1) is 12.8. The van der Waals surface area contributed by atoms with Gasteiger partial charge in [-0.3, -0.25) is 0 Å². The molecule has 0 aromatic rings. The van der Waals surface area contributed by atoms with E-state index < -0.39 is 6.61 Å². The van der Waals surface area contributed by atoms with Crippen molar-refractivity contribution in [1.82, 2.24) is 4.90 Å². The maximum Gasteiger partial charge on any atom is 0.345 e. The molecule has 0 saturated carbocycles. The number of hydrogen-bond donors (Lipinski definition) is 0. The van der Waals surface area contributed by atoms with Crippen LogP contribution in [0.4, 0.5) is 8.78 Å². The van der Waals surface area contributed by atoms with E-state index in [1.54, 1.807) is 0 Å². The molecule has 1 aliphatic heterocycles. The van der Waals surface area contributed by atoms with Gasteiger partial charge in [0.25, 0.3) is 0 Å². The van der Waals surface area contributed by atoms with Gasteiger partial charge in [0, 0.05) is 12.6 Å². The van der Waals surface area contributed by atoms with Crippen molar-refractivity contribution in [2.75, 3.05) is 19.7 Å². The molecule has 1 heterocycles. The molecule has 0 amide bonds. The number of alkyl halides is 2. The molecule has 1 aliphatic rings. The quantitative estimate of drug-likeness (QED) is 0.707. The highest BCUT2D eigenvalue weighted by Gasteiger charge is 2.33. The van der Waals surface area contributed by atoms with E-state index in [0.717, 1.165) is 19.5 Å². The molecule has 90 valence electrons. The molecule has 1 unspecified atom stereocenters. The van der Waals surface area contributed by atoms with Crippen LogP contribution in [0.1, 0.15) is 27.2 Å². The highest BCUT2D eigenvalue weighted by atomic mass is 19.3. The molecule has 0 bridgehead atoms. The lowest BCUT2D eigenvalue weighted by molar-refractivity contribution is -0.137. The summed E-state index contributed by atoms with van der Waals surface area (Å²) in [5, 5.41) is 0. The minimum absolute atomic E-state index is 0.192. The minimum Gasteiger partial charge on any atom is -0.323 e. The summed E-state index contributed by atoms with van der Waals surface area (Å²) in [5.74, 6) is 0.854. The van der Waals surface area contributed by atoms with E-state index in [-0.39, 0.29) is 12.5 Å². The van der Waals surface area contributed by atoms with Gasteiger partial charge in [0.05, 0.1) is 6.61 Å². The first-order chi connectivity index (χ1) is 7.04. The van der Waals surface area contributed by atoms with Crippen LogP contribution in [0.2, 0.25) is 0 Å². The van der Waals surface area contributed by atoms with Gasteiger partial charge in [0.1, 0.15) is 0 Å². The van der Waals surface area contributed by atoms with Crippen LogP contribution in [0.15, 0.2) is 0 Å². The van der Waals surface area contributed by atoms with E-state index in [0.29, 0.717) is 12.0 Å². The Kier molecular flexibility index (Phi) is 4.93. The summed E-state index contributed by atoms with van der Waals surface area (Å²) in [6.07, 6.45) is 0.984. The Labute approximate surface area is 90.6 Å². The standard InChI is InChI=1S/C11H21F2NO/c1-4-14-6-9(7-15-11(12)13)5-10(14)8(2)3/h8-11H,4-7H2,1-3H3/t9?,10-/m0/s1. The van der Waals surface area contributed by atoms with E-state index in [9.17, 15) is 8.78 Å². The Bertz CT molecular complexity index is 187. The van der Waals surface area contributed by atoms with Crippen LogP contribution in [0.5, 0.6) is 0 Å². The number of rotatable bonds is 5. The van der Waals surface area contributed by atoms with Crippen molar-refractivity contribution in [1.29, 1.82) is 0 Å². The van der Waals surface area contributed by atoms with Crippen LogP contribution < -0.4 is 0 Å². The average molecular weight is 221 g/mol. The third-order valence-corrected chi connectivity index (χ3v) is 3.17. The van der Waals surface area contributed by atoms with Gasteiger partial charge in [-0.1, -0.05) is 20.8 Å². The van der Waals surface area contributed by atoms with Crippen molar-refractivity contribution in [3.05, 3.63) is 0 Å². The second-order valence-electron chi connectivity index (χ2n) is 4.59. The van der Waals surface area contributed by atoms with Crippen LogP contribution in [0.25, 0.3) is 0 Å². The first-order valence-electron chi connectivity index (χ1n) is 5.68. The molecule has 0 N–H and O–H groups in total.